The third-order valence-electron chi connectivity index (χ3n) is 5.21. The number of fused-ring (bicyclic) bond motifs is 1. The number of carbonyl (C=O) groups excluding carboxylic acids is 1. The molecule has 2 atom stereocenters. The Morgan fingerprint density at radius 2 is 2.24 bits per heavy atom. The number of benzene rings is 1. The third-order valence-corrected chi connectivity index (χ3v) is 5.21. The highest BCUT2D eigenvalue weighted by atomic mass is 16.2. The van der Waals surface area contributed by atoms with Crippen LogP contribution in [0.15, 0.2) is 42.4 Å². The van der Waals surface area contributed by atoms with E-state index >= 15 is 0 Å². The van der Waals surface area contributed by atoms with Crippen molar-refractivity contribution in [1.29, 1.82) is 10.7 Å². The molecule has 7 nitrogen and oxygen atoms in total. The van der Waals surface area contributed by atoms with Crippen LogP contribution in [0.4, 0.5) is 0 Å². The van der Waals surface area contributed by atoms with Crippen molar-refractivity contribution >= 4 is 23.0 Å². The van der Waals surface area contributed by atoms with Gasteiger partial charge in [0.2, 0.25) is 5.91 Å². The van der Waals surface area contributed by atoms with E-state index in [2.05, 4.69) is 33.5 Å². The van der Waals surface area contributed by atoms with Crippen molar-refractivity contribution in [3.05, 3.63) is 53.5 Å². The number of piperidine rings is 1. The zero-order valence-corrected chi connectivity index (χ0v) is 16.8. The highest BCUT2D eigenvalue weighted by Crippen LogP contribution is 2.34. The second-order valence-electron chi connectivity index (χ2n) is 7.53. The molecule has 0 bridgehead atoms. The molecule has 3 N–H and O–H groups in total. The number of likely N-dealkylation sites (tertiary alicyclic amines) is 1. The van der Waals surface area contributed by atoms with Gasteiger partial charge in [-0.1, -0.05) is 19.1 Å². The van der Waals surface area contributed by atoms with Crippen LogP contribution in [0.3, 0.4) is 0 Å². The van der Waals surface area contributed by atoms with E-state index in [0.717, 1.165) is 36.6 Å². The van der Waals surface area contributed by atoms with Gasteiger partial charge < -0.3 is 16.0 Å². The summed E-state index contributed by atoms with van der Waals surface area (Å²) in [5, 5.41) is 23.3. The fraction of sp³-hybridized carbons (Fsp3) is 0.364. The lowest BCUT2D eigenvalue weighted by Gasteiger charge is -2.36. The third kappa shape index (κ3) is 4.79. The molecule has 1 amide bonds. The molecule has 1 aromatic heterocycles. The lowest BCUT2D eigenvalue weighted by molar-refractivity contribution is -0.121. The lowest BCUT2D eigenvalue weighted by Crippen LogP contribution is -2.44. The van der Waals surface area contributed by atoms with E-state index in [-0.39, 0.29) is 18.4 Å². The minimum absolute atomic E-state index is 0.130. The van der Waals surface area contributed by atoms with Crippen molar-refractivity contribution in [2.24, 2.45) is 5.92 Å². The van der Waals surface area contributed by atoms with E-state index in [9.17, 15) is 10.1 Å². The van der Waals surface area contributed by atoms with Gasteiger partial charge in [0, 0.05) is 44.1 Å². The summed E-state index contributed by atoms with van der Waals surface area (Å²) in [7, 11) is 1.73. The Bertz CT molecular complexity index is 977. The van der Waals surface area contributed by atoms with Gasteiger partial charge in [0.15, 0.2) is 0 Å². The number of amides is 1. The number of allylic oxidation sites excluding steroid dienone is 1. The van der Waals surface area contributed by atoms with Crippen molar-refractivity contribution in [3.63, 3.8) is 0 Å². The molecule has 2 aromatic rings. The summed E-state index contributed by atoms with van der Waals surface area (Å²) in [5.41, 5.74) is 2.94. The first kappa shape index (κ1) is 20.5. The molecule has 1 saturated heterocycles. The summed E-state index contributed by atoms with van der Waals surface area (Å²) in [5.74, 6) is 0.578. The van der Waals surface area contributed by atoms with Gasteiger partial charge >= 0.3 is 0 Å². The van der Waals surface area contributed by atoms with E-state index in [1.54, 1.807) is 19.4 Å². The molecule has 1 fully saturated rings. The molecule has 29 heavy (non-hydrogen) atoms. The molecule has 2 unspecified atom stereocenters. The highest BCUT2D eigenvalue weighted by molar-refractivity contribution is 5.88. The second kappa shape index (κ2) is 9.30. The average Bonchev–Trinajstić information content (AvgIpc) is 2.72. The molecule has 3 rings (SSSR count). The maximum atomic E-state index is 12.4. The molecule has 0 saturated carbocycles. The van der Waals surface area contributed by atoms with Crippen molar-refractivity contribution in [2.75, 3.05) is 26.7 Å². The zero-order valence-electron chi connectivity index (χ0n) is 16.8. The highest BCUT2D eigenvalue weighted by Gasteiger charge is 2.28. The summed E-state index contributed by atoms with van der Waals surface area (Å²) in [6, 6.07) is 10.0. The minimum Gasteiger partial charge on any atom is -0.392 e. The maximum absolute atomic E-state index is 12.4. The van der Waals surface area contributed by atoms with Crippen LogP contribution >= 0.6 is 0 Å². The summed E-state index contributed by atoms with van der Waals surface area (Å²) in [6.45, 7) is 4.10. The number of aromatic nitrogens is 1. The smallest absolute Gasteiger partial charge is 0.238 e. The van der Waals surface area contributed by atoms with Gasteiger partial charge in [-0.25, -0.2) is 0 Å². The number of nitriles is 1. The number of carbonyl (C=O) groups is 1. The van der Waals surface area contributed by atoms with E-state index in [1.807, 2.05) is 24.3 Å². The van der Waals surface area contributed by atoms with Crippen LogP contribution in [0, 0.1) is 22.7 Å². The molecule has 150 valence electrons. The molecular formula is C22H26N6O. The van der Waals surface area contributed by atoms with Crippen LogP contribution in [0.2, 0.25) is 0 Å². The molecule has 1 aliphatic rings. The van der Waals surface area contributed by atoms with Crippen molar-refractivity contribution < 1.29 is 4.79 Å². The van der Waals surface area contributed by atoms with E-state index in [0.29, 0.717) is 17.2 Å². The topological polar surface area (TPSA) is 105 Å². The minimum atomic E-state index is -0.130. The fourth-order valence-electron chi connectivity index (χ4n) is 4.13. The summed E-state index contributed by atoms with van der Waals surface area (Å²) < 4.78 is 0. The van der Waals surface area contributed by atoms with Crippen LogP contribution in [0.5, 0.6) is 0 Å². The van der Waals surface area contributed by atoms with Crippen LogP contribution in [-0.4, -0.2) is 48.7 Å². The van der Waals surface area contributed by atoms with Gasteiger partial charge in [-0.15, -0.1) is 0 Å². The van der Waals surface area contributed by atoms with Crippen LogP contribution in [0.25, 0.3) is 10.9 Å². The first-order chi connectivity index (χ1) is 14.0. The SMILES string of the molecule is CN/C=C(\C=N)NC(=O)CN1CC(C)CC(c2ccc(C#N)c3ncccc23)C1. The summed E-state index contributed by atoms with van der Waals surface area (Å²) >= 11 is 0. The van der Waals surface area contributed by atoms with Crippen molar-refractivity contribution in [2.45, 2.75) is 19.3 Å². The molecule has 7 heteroatoms. The Labute approximate surface area is 170 Å². The Morgan fingerprint density at radius 1 is 1.41 bits per heavy atom. The Hall–Kier alpha value is -3.24. The van der Waals surface area contributed by atoms with Gasteiger partial charge in [-0.3, -0.25) is 14.7 Å². The number of rotatable bonds is 6. The summed E-state index contributed by atoms with van der Waals surface area (Å²) in [6.07, 6.45) is 5.44. The van der Waals surface area contributed by atoms with E-state index < -0.39 is 0 Å². The quantitative estimate of drug-likeness (QED) is 0.657. The number of nitrogens with one attached hydrogen (secondary N) is 3. The number of nitrogens with zero attached hydrogens (tertiary/aromatic N) is 3. The first-order valence-corrected chi connectivity index (χ1v) is 9.73. The Balaban J connectivity index is 1.80. The Kier molecular flexibility index (Phi) is 6.57. The van der Waals surface area contributed by atoms with Crippen LogP contribution < -0.4 is 10.6 Å². The van der Waals surface area contributed by atoms with Gasteiger partial charge in [-0.05, 0) is 36.0 Å². The molecule has 1 aliphatic heterocycles. The molecular weight excluding hydrogens is 364 g/mol. The van der Waals surface area contributed by atoms with Gasteiger partial charge in [-0.2, -0.15) is 5.26 Å². The van der Waals surface area contributed by atoms with Gasteiger partial charge in [0.25, 0.3) is 0 Å². The Morgan fingerprint density at radius 3 is 2.97 bits per heavy atom. The maximum Gasteiger partial charge on any atom is 0.238 e. The molecule has 0 aliphatic carbocycles. The predicted octanol–water partition coefficient (Wildman–Crippen LogP) is 2.36. The number of pyridine rings is 1. The number of hydrogen-bond donors (Lipinski definition) is 3. The van der Waals surface area contributed by atoms with Gasteiger partial charge in [0.1, 0.15) is 6.07 Å². The first-order valence-electron chi connectivity index (χ1n) is 9.73. The molecule has 1 aromatic carbocycles. The molecule has 0 spiro atoms. The van der Waals surface area contributed by atoms with Gasteiger partial charge in [0.05, 0.1) is 23.3 Å². The lowest BCUT2D eigenvalue weighted by atomic mass is 9.83. The van der Waals surface area contributed by atoms with Crippen LogP contribution in [0.1, 0.15) is 30.4 Å². The normalized spacial score (nSPS) is 20.1. The number of hydrogen-bond acceptors (Lipinski definition) is 6. The standard InChI is InChI=1S/C22H26N6O/c1-15-8-17(13-28(12-15)14-21(29)27-18(10-24)11-25-2)19-6-5-16(9-23)22-20(19)4-3-7-26-22/h3-7,10-11,15,17,24-25H,8,12-14H2,1-2H3,(H,27,29)/b18-11+,24-10?. The molecule has 2 heterocycles. The monoisotopic (exact) mass is 390 g/mol. The van der Waals surface area contributed by atoms with Crippen molar-refractivity contribution in [3.8, 4) is 6.07 Å². The predicted molar refractivity (Wildman–Crippen MR) is 113 cm³/mol. The van der Waals surface area contributed by atoms with Crippen LogP contribution in [-0.2, 0) is 4.79 Å². The van der Waals surface area contributed by atoms with E-state index in [4.69, 9.17) is 5.41 Å². The zero-order chi connectivity index (χ0) is 20.8. The average molecular weight is 390 g/mol. The van der Waals surface area contributed by atoms with Crippen molar-refractivity contribution in [1.82, 2.24) is 20.5 Å². The summed E-state index contributed by atoms with van der Waals surface area (Å²) in [4.78, 5) is 19.0. The van der Waals surface area contributed by atoms with E-state index in [1.165, 1.54) is 5.56 Å². The molecule has 0 radical (unpaired) electrons. The second-order valence-corrected chi connectivity index (χ2v) is 7.53. The largest absolute Gasteiger partial charge is 0.392 e. The fourth-order valence-corrected chi connectivity index (χ4v) is 4.13.